The fraction of sp³-hybridized carbons (Fsp3) is 1.00. The molecule has 1 aliphatic heterocycles. The quantitative estimate of drug-likeness (QED) is 0.539. The molecule has 1 unspecified atom stereocenters. The van der Waals surface area contributed by atoms with Crippen LogP contribution in [0.3, 0.4) is 0 Å². The lowest BCUT2D eigenvalue weighted by molar-refractivity contribution is 0.293. The predicted octanol–water partition coefficient (Wildman–Crippen LogP) is 2.44. The molecular weight excluding hydrogens is 174 g/mol. The van der Waals surface area contributed by atoms with Crippen molar-refractivity contribution in [2.45, 2.75) is 32.2 Å². The Morgan fingerprint density at radius 1 is 1.55 bits per heavy atom. The van der Waals surface area contributed by atoms with Gasteiger partial charge in [-0.1, -0.05) is 18.4 Å². The van der Waals surface area contributed by atoms with Gasteiger partial charge in [-0.2, -0.15) is 12.6 Å². The number of hydrogen-bond donors (Lipinski definition) is 1. The highest BCUT2D eigenvalue weighted by Gasteiger charge is 2.17. The number of nitrogens with zero attached hydrogens (tertiary/aromatic N) is 1. The first-order valence-electron chi connectivity index (χ1n) is 4.35. The van der Waals surface area contributed by atoms with Crippen molar-refractivity contribution in [3.8, 4) is 0 Å². The molecule has 1 rings (SSSR count). The summed E-state index contributed by atoms with van der Waals surface area (Å²) in [6.45, 7) is 3.60. The van der Waals surface area contributed by atoms with E-state index in [4.69, 9.17) is 0 Å². The fourth-order valence-corrected chi connectivity index (χ4v) is 2.60. The third-order valence-electron chi connectivity index (χ3n) is 2.09. The second-order valence-corrected chi connectivity index (χ2v) is 4.63. The molecular formula is C8H17NS2. The summed E-state index contributed by atoms with van der Waals surface area (Å²) in [6, 6.07) is 0.786. The van der Waals surface area contributed by atoms with Crippen molar-refractivity contribution in [1.82, 2.24) is 4.31 Å². The van der Waals surface area contributed by atoms with Crippen molar-refractivity contribution in [3.05, 3.63) is 0 Å². The van der Waals surface area contributed by atoms with Gasteiger partial charge in [0.25, 0.3) is 0 Å². The van der Waals surface area contributed by atoms with Crippen molar-refractivity contribution in [2.24, 2.45) is 0 Å². The Hall–Kier alpha value is 0.660. The van der Waals surface area contributed by atoms with Gasteiger partial charge in [0.2, 0.25) is 0 Å². The van der Waals surface area contributed by atoms with E-state index < -0.39 is 0 Å². The Kier molecular flexibility index (Phi) is 4.72. The lowest BCUT2D eigenvalue weighted by Crippen LogP contribution is -2.32. The molecule has 0 spiro atoms. The highest BCUT2D eigenvalue weighted by Crippen LogP contribution is 2.23. The van der Waals surface area contributed by atoms with Gasteiger partial charge in [-0.25, -0.2) is 4.31 Å². The molecule has 1 fully saturated rings. The van der Waals surface area contributed by atoms with E-state index in [1.54, 1.807) is 0 Å². The van der Waals surface area contributed by atoms with Crippen LogP contribution in [0.5, 0.6) is 0 Å². The maximum absolute atomic E-state index is 4.20. The van der Waals surface area contributed by atoms with Gasteiger partial charge < -0.3 is 0 Å². The summed E-state index contributed by atoms with van der Waals surface area (Å²) in [5.41, 5.74) is 0. The molecule has 66 valence electrons. The second kappa shape index (κ2) is 5.33. The van der Waals surface area contributed by atoms with Crippen molar-refractivity contribution in [3.63, 3.8) is 0 Å². The first-order chi connectivity index (χ1) is 5.34. The van der Waals surface area contributed by atoms with Gasteiger partial charge in [0.15, 0.2) is 0 Å². The molecule has 0 radical (unpaired) electrons. The Labute approximate surface area is 79.5 Å². The average molecular weight is 191 g/mol. The number of hydrogen-bond acceptors (Lipinski definition) is 3. The van der Waals surface area contributed by atoms with Gasteiger partial charge in [-0.15, -0.1) is 0 Å². The Morgan fingerprint density at radius 3 is 3.00 bits per heavy atom. The predicted molar refractivity (Wildman–Crippen MR) is 56.3 cm³/mol. The largest absolute Gasteiger partial charge is 0.248 e. The van der Waals surface area contributed by atoms with Crippen LogP contribution in [0.1, 0.15) is 26.2 Å². The molecule has 0 saturated carbocycles. The topological polar surface area (TPSA) is 3.24 Å². The van der Waals surface area contributed by atoms with Crippen LogP contribution < -0.4 is 0 Å². The monoisotopic (exact) mass is 191 g/mol. The minimum absolute atomic E-state index is 0.786. The average Bonchev–Trinajstić information content (AvgIpc) is 2.03. The Morgan fingerprint density at radius 2 is 2.36 bits per heavy atom. The van der Waals surface area contributed by atoms with E-state index in [9.17, 15) is 0 Å². The third kappa shape index (κ3) is 3.26. The standard InChI is InChI=1S/C8H17NS2/c1-8-4-2-3-5-9(8)11-7-6-10/h8,10H,2-7H2,1H3. The summed E-state index contributed by atoms with van der Waals surface area (Å²) in [4.78, 5) is 0. The molecule has 0 aromatic rings. The van der Waals surface area contributed by atoms with Crippen LogP contribution in [0.4, 0.5) is 0 Å². The van der Waals surface area contributed by atoms with E-state index in [1.165, 1.54) is 25.8 Å². The Bertz CT molecular complexity index is 108. The molecule has 1 atom stereocenters. The number of thiol groups is 1. The molecule has 0 N–H and O–H groups in total. The lowest BCUT2D eigenvalue weighted by atomic mass is 10.1. The number of rotatable bonds is 3. The number of piperidine rings is 1. The second-order valence-electron chi connectivity index (χ2n) is 3.04. The molecule has 1 aliphatic rings. The van der Waals surface area contributed by atoms with Crippen molar-refractivity contribution < 1.29 is 0 Å². The SMILES string of the molecule is CC1CCCCN1SCCS. The smallest absolute Gasteiger partial charge is 0.0174 e. The van der Waals surface area contributed by atoms with E-state index in [1.807, 2.05) is 11.9 Å². The van der Waals surface area contributed by atoms with Gasteiger partial charge in [0.1, 0.15) is 0 Å². The van der Waals surface area contributed by atoms with E-state index in [0.717, 1.165) is 17.5 Å². The van der Waals surface area contributed by atoms with Crippen molar-refractivity contribution in [2.75, 3.05) is 18.1 Å². The minimum atomic E-state index is 0.786. The summed E-state index contributed by atoms with van der Waals surface area (Å²) in [5, 5.41) is 0. The summed E-state index contributed by atoms with van der Waals surface area (Å²) in [5.74, 6) is 2.15. The minimum Gasteiger partial charge on any atom is -0.248 e. The highest BCUT2D eigenvalue weighted by atomic mass is 32.2. The van der Waals surface area contributed by atoms with Crippen molar-refractivity contribution >= 4 is 24.6 Å². The zero-order valence-corrected chi connectivity index (χ0v) is 8.83. The van der Waals surface area contributed by atoms with Crippen molar-refractivity contribution in [1.29, 1.82) is 0 Å². The van der Waals surface area contributed by atoms with Crippen LogP contribution in [-0.4, -0.2) is 28.4 Å². The lowest BCUT2D eigenvalue weighted by Gasteiger charge is -2.31. The summed E-state index contributed by atoms with van der Waals surface area (Å²) in [6.07, 6.45) is 4.17. The van der Waals surface area contributed by atoms with Crippen LogP contribution in [-0.2, 0) is 0 Å². The maximum Gasteiger partial charge on any atom is 0.0174 e. The zero-order valence-electron chi connectivity index (χ0n) is 7.12. The molecule has 0 bridgehead atoms. The zero-order chi connectivity index (χ0) is 8.10. The third-order valence-corrected chi connectivity index (χ3v) is 3.88. The molecule has 0 aromatic heterocycles. The maximum atomic E-state index is 4.20. The molecule has 0 aromatic carbocycles. The first-order valence-corrected chi connectivity index (χ1v) is 5.92. The summed E-state index contributed by atoms with van der Waals surface area (Å²) >= 11 is 6.16. The van der Waals surface area contributed by atoms with Gasteiger partial charge >= 0.3 is 0 Å². The van der Waals surface area contributed by atoms with E-state index in [0.29, 0.717) is 0 Å². The molecule has 0 aliphatic carbocycles. The van der Waals surface area contributed by atoms with Crippen LogP contribution in [0.25, 0.3) is 0 Å². The van der Waals surface area contributed by atoms with E-state index >= 15 is 0 Å². The summed E-state index contributed by atoms with van der Waals surface area (Å²) in [7, 11) is 0. The molecule has 0 amide bonds. The molecule has 11 heavy (non-hydrogen) atoms. The normalized spacial score (nSPS) is 27.3. The molecule has 1 nitrogen and oxygen atoms in total. The van der Waals surface area contributed by atoms with Crippen LogP contribution in [0, 0.1) is 0 Å². The van der Waals surface area contributed by atoms with Gasteiger partial charge in [0.05, 0.1) is 0 Å². The van der Waals surface area contributed by atoms with Crippen LogP contribution in [0.15, 0.2) is 0 Å². The van der Waals surface area contributed by atoms with E-state index in [2.05, 4.69) is 23.9 Å². The molecule has 3 heteroatoms. The van der Waals surface area contributed by atoms with Gasteiger partial charge in [-0.05, 0) is 19.8 Å². The Balaban J connectivity index is 2.18. The molecule has 1 saturated heterocycles. The fourth-order valence-electron chi connectivity index (χ4n) is 1.42. The highest BCUT2D eigenvalue weighted by molar-refractivity contribution is 7.97. The van der Waals surface area contributed by atoms with Crippen LogP contribution in [0.2, 0.25) is 0 Å². The van der Waals surface area contributed by atoms with Crippen LogP contribution >= 0.6 is 24.6 Å². The first kappa shape index (κ1) is 9.75. The van der Waals surface area contributed by atoms with Gasteiger partial charge in [0, 0.05) is 24.1 Å². The van der Waals surface area contributed by atoms with E-state index in [-0.39, 0.29) is 0 Å². The van der Waals surface area contributed by atoms with Gasteiger partial charge in [-0.3, -0.25) is 0 Å². The molecule has 1 heterocycles. The summed E-state index contributed by atoms with van der Waals surface area (Å²) < 4.78 is 2.51.